The van der Waals surface area contributed by atoms with Crippen molar-refractivity contribution in [2.45, 2.75) is 59.5 Å². The molecule has 0 aliphatic carbocycles. The van der Waals surface area contributed by atoms with Gasteiger partial charge in [-0.25, -0.2) is 9.36 Å². The summed E-state index contributed by atoms with van der Waals surface area (Å²) in [4.78, 5) is 26.5. The second kappa shape index (κ2) is 7.82. The number of hydrogen-bond donors (Lipinski definition) is 0. The van der Waals surface area contributed by atoms with Crippen LogP contribution in [0.4, 0.5) is 4.79 Å². The number of carbonyl (C=O) groups excluding carboxylic acids is 2. The van der Waals surface area contributed by atoms with E-state index < -0.39 is 11.7 Å². The Hall–Kier alpha value is -2.56. The molecule has 150 valence electrons. The van der Waals surface area contributed by atoms with E-state index >= 15 is 0 Å². The summed E-state index contributed by atoms with van der Waals surface area (Å²) in [7, 11) is 0. The molecule has 1 unspecified atom stereocenters. The molecule has 1 aromatic heterocycles. The highest BCUT2D eigenvalue weighted by Crippen LogP contribution is 2.34. The zero-order chi connectivity index (χ0) is 20.5. The number of benzene rings is 1. The van der Waals surface area contributed by atoms with Crippen LogP contribution in [-0.4, -0.2) is 28.7 Å². The lowest BCUT2D eigenvalue weighted by molar-refractivity contribution is 0.0533. The van der Waals surface area contributed by atoms with E-state index in [4.69, 9.17) is 9.47 Å². The summed E-state index contributed by atoms with van der Waals surface area (Å²) in [5, 5.41) is 0.840. The fourth-order valence-electron chi connectivity index (χ4n) is 3.73. The van der Waals surface area contributed by atoms with Crippen molar-refractivity contribution in [2.75, 3.05) is 6.61 Å². The molecule has 0 spiro atoms. The van der Waals surface area contributed by atoms with Crippen LogP contribution in [-0.2, 0) is 9.47 Å². The van der Waals surface area contributed by atoms with E-state index in [0.29, 0.717) is 24.2 Å². The summed E-state index contributed by atoms with van der Waals surface area (Å²) >= 11 is 0. The van der Waals surface area contributed by atoms with E-state index in [2.05, 4.69) is 13.8 Å². The standard InChI is InChI=1S/C23H29NO4/c1-6-15(7-2)21-17(12-13-27-21)20(25)19-14-16-10-8-9-11-18(16)24(19)22(26)28-23(3,4)5/h8-11,14,17H,6-7,12-13H2,1-5H3. The first kappa shape index (κ1) is 20.2. The topological polar surface area (TPSA) is 57.5 Å². The zero-order valence-corrected chi connectivity index (χ0v) is 17.4. The predicted molar refractivity (Wildman–Crippen MR) is 110 cm³/mol. The first-order valence-corrected chi connectivity index (χ1v) is 9.99. The van der Waals surface area contributed by atoms with Gasteiger partial charge in [-0.05, 0) is 57.7 Å². The minimum absolute atomic E-state index is 0.0889. The average Bonchev–Trinajstić information content (AvgIpc) is 3.25. The fourth-order valence-corrected chi connectivity index (χ4v) is 3.73. The van der Waals surface area contributed by atoms with Crippen molar-refractivity contribution in [3.05, 3.63) is 47.4 Å². The Labute approximate surface area is 166 Å². The number of carbonyl (C=O) groups is 2. The van der Waals surface area contributed by atoms with E-state index in [9.17, 15) is 9.59 Å². The van der Waals surface area contributed by atoms with Crippen molar-refractivity contribution in [2.24, 2.45) is 5.92 Å². The SMILES string of the molecule is CCC(CC)=C1OCCC1C(=O)c1cc2ccccc2n1C(=O)OC(C)(C)C. The van der Waals surface area contributed by atoms with E-state index in [-0.39, 0.29) is 11.7 Å². The molecule has 5 nitrogen and oxygen atoms in total. The van der Waals surface area contributed by atoms with Crippen LogP contribution in [0, 0.1) is 5.92 Å². The average molecular weight is 383 g/mol. The highest BCUT2D eigenvalue weighted by molar-refractivity contribution is 6.06. The maximum Gasteiger partial charge on any atom is 0.419 e. The van der Waals surface area contributed by atoms with Crippen LogP contribution in [0.15, 0.2) is 41.7 Å². The predicted octanol–water partition coefficient (Wildman–Crippen LogP) is 5.72. The summed E-state index contributed by atoms with van der Waals surface area (Å²) in [6.45, 7) is 10.1. The Morgan fingerprint density at radius 3 is 2.50 bits per heavy atom. The lowest BCUT2D eigenvalue weighted by Crippen LogP contribution is -2.29. The smallest absolute Gasteiger partial charge is 0.419 e. The molecule has 0 bridgehead atoms. The molecule has 1 saturated heterocycles. The van der Waals surface area contributed by atoms with Gasteiger partial charge in [0.2, 0.25) is 0 Å². The van der Waals surface area contributed by atoms with Crippen LogP contribution in [0.1, 0.15) is 64.4 Å². The van der Waals surface area contributed by atoms with Crippen molar-refractivity contribution in [1.29, 1.82) is 0 Å². The summed E-state index contributed by atoms with van der Waals surface area (Å²) < 4.78 is 12.8. The second-order valence-corrected chi connectivity index (χ2v) is 8.13. The van der Waals surface area contributed by atoms with Crippen molar-refractivity contribution < 1.29 is 19.1 Å². The fraction of sp³-hybridized carbons (Fsp3) is 0.478. The van der Waals surface area contributed by atoms with E-state index in [1.165, 1.54) is 4.57 Å². The Bertz CT molecular complexity index is 924. The largest absolute Gasteiger partial charge is 0.497 e. The molecule has 0 N–H and O–H groups in total. The van der Waals surface area contributed by atoms with Crippen LogP contribution < -0.4 is 0 Å². The van der Waals surface area contributed by atoms with Gasteiger partial charge in [-0.1, -0.05) is 32.0 Å². The summed E-state index contributed by atoms with van der Waals surface area (Å²) in [5.41, 5.74) is 1.54. The van der Waals surface area contributed by atoms with Gasteiger partial charge >= 0.3 is 6.09 Å². The van der Waals surface area contributed by atoms with Crippen LogP contribution >= 0.6 is 0 Å². The highest BCUT2D eigenvalue weighted by Gasteiger charge is 2.35. The number of allylic oxidation sites excluding steroid dienone is 2. The van der Waals surface area contributed by atoms with Gasteiger partial charge in [0, 0.05) is 5.39 Å². The molecule has 3 rings (SSSR count). The molecule has 0 amide bonds. The first-order valence-electron chi connectivity index (χ1n) is 9.99. The third kappa shape index (κ3) is 3.84. The highest BCUT2D eigenvalue weighted by atomic mass is 16.6. The van der Waals surface area contributed by atoms with Gasteiger partial charge in [0.1, 0.15) is 11.4 Å². The molecule has 1 aliphatic rings. The number of aromatic nitrogens is 1. The van der Waals surface area contributed by atoms with Gasteiger partial charge in [-0.2, -0.15) is 0 Å². The Balaban J connectivity index is 2.10. The minimum Gasteiger partial charge on any atom is -0.497 e. The van der Waals surface area contributed by atoms with Gasteiger partial charge in [0.05, 0.1) is 23.7 Å². The Morgan fingerprint density at radius 1 is 1.18 bits per heavy atom. The molecule has 1 fully saturated rings. The van der Waals surface area contributed by atoms with Crippen LogP contribution in [0.2, 0.25) is 0 Å². The molecular formula is C23H29NO4. The zero-order valence-electron chi connectivity index (χ0n) is 17.4. The minimum atomic E-state index is -0.651. The summed E-state index contributed by atoms with van der Waals surface area (Å²) in [6, 6.07) is 9.27. The van der Waals surface area contributed by atoms with Crippen molar-refractivity contribution >= 4 is 22.8 Å². The monoisotopic (exact) mass is 383 g/mol. The normalized spacial score (nSPS) is 16.9. The molecule has 0 saturated carbocycles. The van der Waals surface area contributed by atoms with Gasteiger partial charge in [-0.3, -0.25) is 4.79 Å². The summed E-state index contributed by atoms with van der Waals surface area (Å²) in [5.74, 6) is 0.352. The van der Waals surface area contributed by atoms with Gasteiger partial charge in [0.25, 0.3) is 0 Å². The summed E-state index contributed by atoms with van der Waals surface area (Å²) in [6.07, 6.45) is 1.80. The first-order chi connectivity index (χ1) is 13.3. The number of nitrogens with zero attached hydrogens (tertiary/aromatic N) is 1. The molecule has 2 aromatic rings. The molecule has 0 radical (unpaired) electrons. The molecule has 2 heterocycles. The number of hydrogen-bond acceptors (Lipinski definition) is 4. The molecule has 5 heteroatoms. The molecule has 1 atom stereocenters. The maximum absolute atomic E-state index is 13.5. The van der Waals surface area contributed by atoms with E-state index in [1.54, 1.807) is 6.07 Å². The van der Waals surface area contributed by atoms with Gasteiger partial charge in [0.15, 0.2) is 5.78 Å². The van der Waals surface area contributed by atoms with E-state index in [1.807, 2.05) is 45.0 Å². The quantitative estimate of drug-likeness (QED) is 0.634. The van der Waals surface area contributed by atoms with Crippen LogP contribution in [0.25, 0.3) is 10.9 Å². The van der Waals surface area contributed by atoms with E-state index in [0.717, 1.165) is 29.6 Å². The molecule has 1 aromatic carbocycles. The number of ketones is 1. The number of Topliss-reactive ketones (excluding diaryl/α,β-unsaturated/α-hetero) is 1. The maximum atomic E-state index is 13.5. The van der Waals surface area contributed by atoms with Crippen molar-refractivity contribution in [3.63, 3.8) is 0 Å². The molecule has 28 heavy (non-hydrogen) atoms. The molecular weight excluding hydrogens is 354 g/mol. The number of ether oxygens (including phenoxy) is 2. The van der Waals surface area contributed by atoms with Gasteiger partial charge < -0.3 is 9.47 Å². The molecule has 1 aliphatic heterocycles. The van der Waals surface area contributed by atoms with Crippen molar-refractivity contribution in [1.82, 2.24) is 4.57 Å². The second-order valence-electron chi connectivity index (χ2n) is 8.13. The van der Waals surface area contributed by atoms with Crippen LogP contribution in [0.3, 0.4) is 0 Å². The lowest BCUT2D eigenvalue weighted by Gasteiger charge is -2.21. The Kier molecular flexibility index (Phi) is 5.64. The number of para-hydroxylation sites is 1. The van der Waals surface area contributed by atoms with Crippen LogP contribution in [0.5, 0.6) is 0 Å². The number of fused-ring (bicyclic) bond motifs is 1. The van der Waals surface area contributed by atoms with Crippen molar-refractivity contribution in [3.8, 4) is 0 Å². The Morgan fingerprint density at radius 2 is 1.86 bits per heavy atom. The third-order valence-corrected chi connectivity index (χ3v) is 5.04. The third-order valence-electron chi connectivity index (χ3n) is 5.04. The lowest BCUT2D eigenvalue weighted by atomic mass is 9.93. The van der Waals surface area contributed by atoms with Gasteiger partial charge in [-0.15, -0.1) is 0 Å². The number of rotatable bonds is 4.